The van der Waals surface area contributed by atoms with Crippen molar-refractivity contribution in [2.75, 3.05) is 24.5 Å². The van der Waals surface area contributed by atoms with Crippen molar-refractivity contribution in [3.05, 3.63) is 132 Å². The number of halogens is 1. The van der Waals surface area contributed by atoms with Gasteiger partial charge in [-0.15, -0.1) is 0 Å². The van der Waals surface area contributed by atoms with Crippen LogP contribution >= 0.6 is 0 Å². The number of nitrogens with zero attached hydrogens (tertiary/aromatic N) is 3. The van der Waals surface area contributed by atoms with E-state index in [0.29, 0.717) is 5.82 Å². The molecular formula is C29H28FN3. The van der Waals surface area contributed by atoms with Gasteiger partial charge in [0.05, 0.1) is 5.54 Å². The maximum atomic E-state index is 13.8. The third kappa shape index (κ3) is 3.91. The lowest BCUT2D eigenvalue weighted by Gasteiger charge is -2.51. The highest BCUT2D eigenvalue weighted by molar-refractivity contribution is 5.50. The van der Waals surface area contributed by atoms with E-state index in [1.165, 1.54) is 22.8 Å². The van der Waals surface area contributed by atoms with Gasteiger partial charge in [0.15, 0.2) is 0 Å². The van der Waals surface area contributed by atoms with Gasteiger partial charge in [-0.05, 0) is 35.7 Å². The Hall–Kier alpha value is -3.50. The first kappa shape index (κ1) is 21.4. The fourth-order valence-corrected chi connectivity index (χ4v) is 5.25. The van der Waals surface area contributed by atoms with Gasteiger partial charge in [0.2, 0.25) is 5.95 Å². The maximum Gasteiger partial charge on any atom is 0.214 e. The van der Waals surface area contributed by atoms with Gasteiger partial charge in [0.1, 0.15) is 5.82 Å². The van der Waals surface area contributed by atoms with Gasteiger partial charge in [0.25, 0.3) is 0 Å². The molecular weight excluding hydrogens is 409 g/mol. The number of piperazine rings is 1. The van der Waals surface area contributed by atoms with Crippen LogP contribution in [0.1, 0.15) is 23.6 Å². The molecule has 3 nitrogen and oxygen atoms in total. The maximum absolute atomic E-state index is 13.8. The molecule has 1 fully saturated rings. The van der Waals surface area contributed by atoms with E-state index in [9.17, 15) is 4.39 Å². The van der Waals surface area contributed by atoms with Crippen LogP contribution in [-0.4, -0.2) is 35.6 Å². The van der Waals surface area contributed by atoms with Gasteiger partial charge in [-0.3, -0.25) is 4.90 Å². The summed E-state index contributed by atoms with van der Waals surface area (Å²) < 4.78 is 13.8. The van der Waals surface area contributed by atoms with Gasteiger partial charge in [-0.2, -0.15) is 4.39 Å². The van der Waals surface area contributed by atoms with Crippen molar-refractivity contribution in [3.8, 4) is 0 Å². The van der Waals surface area contributed by atoms with Crippen molar-refractivity contribution in [1.29, 1.82) is 0 Å². The molecule has 0 saturated carbocycles. The summed E-state index contributed by atoms with van der Waals surface area (Å²) in [6.45, 7) is 4.61. The van der Waals surface area contributed by atoms with Gasteiger partial charge >= 0.3 is 0 Å². The number of pyridine rings is 1. The van der Waals surface area contributed by atoms with E-state index in [2.05, 4.69) is 113 Å². The van der Waals surface area contributed by atoms with Crippen molar-refractivity contribution in [2.45, 2.75) is 18.5 Å². The van der Waals surface area contributed by atoms with Crippen LogP contribution < -0.4 is 4.90 Å². The molecule has 5 rings (SSSR count). The highest BCUT2D eigenvalue weighted by Crippen LogP contribution is 2.43. The Morgan fingerprint density at radius 2 is 1.21 bits per heavy atom. The van der Waals surface area contributed by atoms with Gasteiger partial charge in [-0.1, -0.05) is 97.1 Å². The van der Waals surface area contributed by atoms with E-state index < -0.39 is 11.5 Å². The van der Waals surface area contributed by atoms with E-state index in [-0.39, 0.29) is 6.04 Å². The molecule has 0 radical (unpaired) electrons. The number of anilines is 1. The molecule has 1 aliphatic heterocycles. The highest BCUT2D eigenvalue weighted by Gasteiger charge is 2.44. The van der Waals surface area contributed by atoms with Crippen molar-refractivity contribution >= 4 is 5.82 Å². The van der Waals surface area contributed by atoms with Crippen LogP contribution in [0.4, 0.5) is 10.2 Å². The summed E-state index contributed by atoms with van der Waals surface area (Å²) in [5, 5.41) is 0. The monoisotopic (exact) mass is 437 g/mol. The standard InChI is InChI=1S/C29H28FN3/c1-23-22-32(20-21-33(23)28-19-11-18-27(30)31-28)29(24-12-5-2-6-13-24,25-14-7-3-8-15-25)26-16-9-4-10-17-26/h2-19,23H,20-22H2,1H3/t23-/m0/s1. The first-order valence-electron chi connectivity index (χ1n) is 11.5. The van der Waals surface area contributed by atoms with Gasteiger partial charge in [-0.25, -0.2) is 4.98 Å². The zero-order chi connectivity index (χ0) is 22.7. The SMILES string of the molecule is C[C@H]1CN(C(c2ccccc2)(c2ccccc2)c2ccccc2)CCN1c1cccc(F)n1. The first-order valence-corrected chi connectivity index (χ1v) is 11.5. The van der Waals surface area contributed by atoms with Gasteiger partial charge < -0.3 is 4.90 Å². The molecule has 0 unspecified atom stereocenters. The zero-order valence-corrected chi connectivity index (χ0v) is 18.8. The molecule has 1 atom stereocenters. The Bertz CT molecular complexity index is 1080. The van der Waals surface area contributed by atoms with Gasteiger partial charge in [0, 0.05) is 25.7 Å². The molecule has 0 amide bonds. The molecule has 0 N–H and O–H groups in total. The average molecular weight is 438 g/mol. The molecule has 0 spiro atoms. The molecule has 1 aromatic heterocycles. The minimum absolute atomic E-state index is 0.170. The van der Waals surface area contributed by atoms with Crippen molar-refractivity contribution in [2.24, 2.45) is 0 Å². The summed E-state index contributed by atoms with van der Waals surface area (Å²) in [6, 6.07) is 37.5. The minimum atomic E-state index is -0.436. The summed E-state index contributed by atoms with van der Waals surface area (Å²) in [7, 11) is 0. The Kier molecular flexibility index (Phi) is 5.93. The predicted octanol–water partition coefficient (Wildman–Crippen LogP) is 5.72. The lowest BCUT2D eigenvalue weighted by molar-refractivity contribution is 0.128. The predicted molar refractivity (Wildman–Crippen MR) is 132 cm³/mol. The second-order valence-electron chi connectivity index (χ2n) is 8.62. The Morgan fingerprint density at radius 3 is 1.67 bits per heavy atom. The van der Waals surface area contributed by atoms with Crippen molar-refractivity contribution < 1.29 is 4.39 Å². The smallest absolute Gasteiger partial charge is 0.214 e. The van der Waals surface area contributed by atoms with Crippen LogP contribution in [0, 0.1) is 5.95 Å². The first-order chi connectivity index (χ1) is 16.2. The van der Waals surface area contributed by atoms with E-state index in [1.54, 1.807) is 6.07 Å². The Balaban J connectivity index is 1.63. The molecule has 0 bridgehead atoms. The third-order valence-electron chi connectivity index (χ3n) is 6.67. The third-order valence-corrected chi connectivity index (χ3v) is 6.67. The molecule has 1 aliphatic rings. The van der Waals surface area contributed by atoms with E-state index in [4.69, 9.17) is 0 Å². The fraction of sp³-hybridized carbons (Fsp3) is 0.207. The highest BCUT2D eigenvalue weighted by atomic mass is 19.1. The largest absolute Gasteiger partial charge is 0.351 e. The van der Waals surface area contributed by atoms with E-state index >= 15 is 0 Å². The van der Waals surface area contributed by atoms with Crippen molar-refractivity contribution in [3.63, 3.8) is 0 Å². The molecule has 2 heterocycles. The summed E-state index contributed by atoms with van der Waals surface area (Å²) in [6.07, 6.45) is 0. The summed E-state index contributed by atoms with van der Waals surface area (Å²) >= 11 is 0. The van der Waals surface area contributed by atoms with Crippen LogP contribution in [0.3, 0.4) is 0 Å². The second kappa shape index (κ2) is 9.16. The van der Waals surface area contributed by atoms with Crippen molar-refractivity contribution in [1.82, 2.24) is 9.88 Å². The average Bonchev–Trinajstić information content (AvgIpc) is 2.87. The van der Waals surface area contributed by atoms with Crippen LogP contribution in [-0.2, 0) is 5.54 Å². The summed E-state index contributed by atoms with van der Waals surface area (Å²) in [5.41, 5.74) is 3.30. The molecule has 166 valence electrons. The summed E-state index contributed by atoms with van der Waals surface area (Å²) in [5.74, 6) is 0.265. The number of aromatic nitrogens is 1. The Labute approximate surface area is 195 Å². The van der Waals surface area contributed by atoms with E-state index in [0.717, 1.165) is 19.6 Å². The molecule has 4 heteroatoms. The van der Waals surface area contributed by atoms with Crippen LogP contribution in [0.5, 0.6) is 0 Å². The number of rotatable bonds is 5. The number of hydrogen-bond acceptors (Lipinski definition) is 3. The molecule has 0 aliphatic carbocycles. The molecule has 3 aromatic carbocycles. The summed E-state index contributed by atoms with van der Waals surface area (Å²) in [4.78, 5) is 8.94. The van der Waals surface area contributed by atoms with E-state index in [1.807, 2.05) is 6.07 Å². The molecule has 1 saturated heterocycles. The number of benzene rings is 3. The fourth-order valence-electron chi connectivity index (χ4n) is 5.25. The topological polar surface area (TPSA) is 19.4 Å². The lowest BCUT2D eigenvalue weighted by Crippen LogP contribution is -2.60. The Morgan fingerprint density at radius 1 is 0.697 bits per heavy atom. The normalized spacial score (nSPS) is 17.2. The zero-order valence-electron chi connectivity index (χ0n) is 18.8. The second-order valence-corrected chi connectivity index (χ2v) is 8.62. The lowest BCUT2D eigenvalue weighted by atomic mass is 9.75. The molecule has 33 heavy (non-hydrogen) atoms. The van der Waals surface area contributed by atoms with Crippen LogP contribution in [0.25, 0.3) is 0 Å². The molecule has 4 aromatic rings. The minimum Gasteiger partial charge on any atom is -0.351 e. The van der Waals surface area contributed by atoms with Crippen LogP contribution in [0.2, 0.25) is 0 Å². The van der Waals surface area contributed by atoms with Crippen LogP contribution in [0.15, 0.2) is 109 Å². The number of hydrogen-bond donors (Lipinski definition) is 0. The quantitative estimate of drug-likeness (QED) is 0.294.